The Morgan fingerprint density at radius 2 is 1.38 bits per heavy atom. The number of nitrogens with one attached hydrogen (secondary N) is 4. The molecule has 0 aliphatic heterocycles. The molecule has 64 valence electrons. The molecule has 2 heterocycles. The molecule has 13 heavy (non-hydrogen) atoms. The SMILES string of the molecule is O=c1[nH]c(=O)c2[nH]c(=O)[nH]c2[nH]1.[H-].[Na+]. The van der Waals surface area contributed by atoms with Gasteiger partial charge in [-0.05, 0) is 0 Å². The van der Waals surface area contributed by atoms with Crippen LogP contribution in [-0.4, -0.2) is 19.9 Å². The largest absolute Gasteiger partial charge is 1.00 e. The Hall–Kier alpha value is -1.05. The second-order valence-electron chi connectivity index (χ2n) is 2.24. The minimum atomic E-state index is -0.650. The van der Waals surface area contributed by atoms with Crippen molar-refractivity contribution in [1.82, 2.24) is 19.9 Å². The maximum Gasteiger partial charge on any atom is 1.00 e. The molecule has 0 radical (unpaired) electrons. The molecule has 4 N–H and O–H groups in total. The zero-order valence-corrected chi connectivity index (χ0v) is 8.72. The van der Waals surface area contributed by atoms with Crippen LogP contribution in [0.2, 0.25) is 0 Å². The Morgan fingerprint density at radius 3 is 2.00 bits per heavy atom. The maximum absolute atomic E-state index is 10.9. The van der Waals surface area contributed by atoms with Crippen LogP contribution < -0.4 is 46.5 Å². The molecule has 8 heteroatoms. The first-order chi connectivity index (χ1) is 5.66. The molecule has 0 saturated carbocycles. The van der Waals surface area contributed by atoms with E-state index in [-0.39, 0.29) is 42.1 Å². The van der Waals surface area contributed by atoms with Crippen molar-refractivity contribution in [3.8, 4) is 0 Å². The molecule has 0 fully saturated rings. The summed E-state index contributed by atoms with van der Waals surface area (Å²) in [5.74, 6) is 0. The van der Waals surface area contributed by atoms with E-state index in [1.165, 1.54) is 0 Å². The van der Waals surface area contributed by atoms with E-state index in [2.05, 4.69) is 15.0 Å². The fourth-order valence-corrected chi connectivity index (χ4v) is 0.958. The molecule has 0 unspecified atom stereocenters. The molecule has 2 rings (SSSR count). The van der Waals surface area contributed by atoms with Gasteiger partial charge in [-0.2, -0.15) is 0 Å². The fourth-order valence-electron chi connectivity index (χ4n) is 0.958. The van der Waals surface area contributed by atoms with E-state index in [0.717, 1.165) is 0 Å². The van der Waals surface area contributed by atoms with Crippen LogP contribution in [-0.2, 0) is 0 Å². The van der Waals surface area contributed by atoms with Crippen LogP contribution in [0.4, 0.5) is 0 Å². The van der Waals surface area contributed by atoms with Crippen molar-refractivity contribution in [2.75, 3.05) is 0 Å². The first-order valence-electron chi connectivity index (χ1n) is 3.11. The standard InChI is InChI=1S/C5H4N4O3.Na.H/c10-3-1-2(7-4(11)6-1)8-5(12)9-3;;/h(H4,6,7,8,9,10,11,12);;/q;+1;-1. The summed E-state index contributed by atoms with van der Waals surface area (Å²) in [5, 5.41) is 0. The van der Waals surface area contributed by atoms with Crippen LogP contribution in [0.25, 0.3) is 11.2 Å². The number of aromatic amines is 4. The second kappa shape index (κ2) is 3.36. The first-order valence-corrected chi connectivity index (χ1v) is 3.11. The van der Waals surface area contributed by atoms with Crippen LogP contribution in [0, 0.1) is 0 Å². The molecule has 0 bridgehead atoms. The van der Waals surface area contributed by atoms with Crippen LogP contribution in [0.15, 0.2) is 14.4 Å². The Kier molecular flexibility index (Phi) is 2.60. The molecule has 0 saturated heterocycles. The van der Waals surface area contributed by atoms with Gasteiger partial charge in [0.05, 0.1) is 0 Å². The molecule has 2 aromatic rings. The third-order valence-electron chi connectivity index (χ3n) is 1.42. The van der Waals surface area contributed by atoms with Crippen molar-refractivity contribution < 1.29 is 31.0 Å². The third kappa shape index (κ3) is 1.67. The van der Waals surface area contributed by atoms with E-state index in [9.17, 15) is 14.4 Å². The van der Waals surface area contributed by atoms with Gasteiger partial charge in [0.25, 0.3) is 5.56 Å². The van der Waals surface area contributed by atoms with E-state index in [4.69, 9.17) is 0 Å². The molecule has 2 aromatic heterocycles. The van der Waals surface area contributed by atoms with Crippen LogP contribution in [0.5, 0.6) is 0 Å². The van der Waals surface area contributed by atoms with Crippen molar-refractivity contribution >= 4 is 11.2 Å². The summed E-state index contributed by atoms with van der Waals surface area (Å²) in [6.07, 6.45) is 0. The van der Waals surface area contributed by atoms with Gasteiger partial charge in [0.2, 0.25) is 0 Å². The molecule has 0 spiro atoms. The summed E-state index contributed by atoms with van der Waals surface area (Å²) in [6.45, 7) is 0. The molecule has 7 nitrogen and oxygen atoms in total. The summed E-state index contributed by atoms with van der Waals surface area (Å²) in [4.78, 5) is 41.0. The van der Waals surface area contributed by atoms with Gasteiger partial charge in [0, 0.05) is 0 Å². The number of aromatic nitrogens is 4. The van der Waals surface area contributed by atoms with Gasteiger partial charge >= 0.3 is 40.9 Å². The average molecular weight is 192 g/mol. The third-order valence-corrected chi connectivity index (χ3v) is 1.42. The van der Waals surface area contributed by atoms with Crippen LogP contribution in [0.3, 0.4) is 0 Å². The number of hydrogen-bond donors (Lipinski definition) is 4. The van der Waals surface area contributed by atoms with E-state index < -0.39 is 16.9 Å². The zero-order chi connectivity index (χ0) is 8.72. The van der Waals surface area contributed by atoms with Gasteiger partial charge in [-0.25, -0.2) is 9.59 Å². The predicted octanol–water partition coefficient (Wildman–Crippen LogP) is -4.65. The Bertz CT molecular complexity index is 593. The predicted molar refractivity (Wildman–Crippen MR) is 41.3 cm³/mol. The van der Waals surface area contributed by atoms with E-state index in [0.29, 0.717) is 0 Å². The number of hydrogen-bond acceptors (Lipinski definition) is 3. The molecular weight excluding hydrogens is 187 g/mol. The van der Waals surface area contributed by atoms with Crippen molar-refractivity contribution in [3.63, 3.8) is 0 Å². The smallest absolute Gasteiger partial charge is 1.00 e. The van der Waals surface area contributed by atoms with Crippen molar-refractivity contribution in [2.45, 2.75) is 0 Å². The van der Waals surface area contributed by atoms with Gasteiger partial charge < -0.3 is 1.43 Å². The maximum atomic E-state index is 10.9. The van der Waals surface area contributed by atoms with Crippen molar-refractivity contribution in [3.05, 3.63) is 31.3 Å². The average Bonchev–Trinajstić information content (AvgIpc) is 2.29. The normalized spacial score (nSPS) is 9.85. The van der Waals surface area contributed by atoms with Gasteiger partial charge in [-0.15, -0.1) is 0 Å². The molecule has 0 aromatic carbocycles. The molecular formula is C5H5N4NaO3. The summed E-state index contributed by atoms with van der Waals surface area (Å²) >= 11 is 0. The summed E-state index contributed by atoms with van der Waals surface area (Å²) in [5.41, 5.74) is -1.65. The topological polar surface area (TPSA) is 114 Å². The fraction of sp³-hybridized carbons (Fsp3) is 0. The van der Waals surface area contributed by atoms with E-state index in [1.807, 2.05) is 4.98 Å². The van der Waals surface area contributed by atoms with Gasteiger partial charge in [0.15, 0.2) is 0 Å². The number of rotatable bonds is 0. The monoisotopic (exact) mass is 192 g/mol. The van der Waals surface area contributed by atoms with E-state index >= 15 is 0 Å². The van der Waals surface area contributed by atoms with E-state index in [1.54, 1.807) is 0 Å². The number of fused-ring (bicyclic) bond motifs is 1. The molecule has 0 atom stereocenters. The zero-order valence-electron chi connectivity index (χ0n) is 7.72. The summed E-state index contributed by atoms with van der Waals surface area (Å²) in [7, 11) is 0. The summed E-state index contributed by atoms with van der Waals surface area (Å²) in [6, 6.07) is 0. The quantitative estimate of drug-likeness (QED) is 0.314. The number of imidazole rings is 1. The Balaban J connectivity index is 0.000000845. The number of H-pyrrole nitrogens is 4. The summed E-state index contributed by atoms with van der Waals surface area (Å²) < 4.78 is 0. The molecule has 0 amide bonds. The van der Waals surface area contributed by atoms with Crippen molar-refractivity contribution in [1.29, 1.82) is 0 Å². The van der Waals surface area contributed by atoms with Crippen LogP contribution >= 0.6 is 0 Å². The molecule has 0 aliphatic rings. The Labute approximate surface area is 93.4 Å². The van der Waals surface area contributed by atoms with Gasteiger partial charge in [-0.1, -0.05) is 0 Å². The molecule has 0 aliphatic carbocycles. The minimum Gasteiger partial charge on any atom is -1.00 e. The Morgan fingerprint density at radius 1 is 0.846 bits per heavy atom. The minimum absolute atomic E-state index is 0. The van der Waals surface area contributed by atoms with Crippen LogP contribution in [0.1, 0.15) is 1.43 Å². The van der Waals surface area contributed by atoms with Crippen molar-refractivity contribution in [2.24, 2.45) is 0 Å². The second-order valence-corrected chi connectivity index (χ2v) is 2.24. The van der Waals surface area contributed by atoms with Gasteiger partial charge in [-0.3, -0.25) is 24.7 Å². The van der Waals surface area contributed by atoms with Gasteiger partial charge in [0.1, 0.15) is 11.2 Å². The first kappa shape index (κ1) is 10.0.